The summed E-state index contributed by atoms with van der Waals surface area (Å²) in [6, 6.07) is 0. The first-order valence-electron chi connectivity index (χ1n) is 19.7. The van der Waals surface area contributed by atoms with Gasteiger partial charge in [0, 0.05) is 12.8 Å². The van der Waals surface area contributed by atoms with Crippen LogP contribution in [-0.2, 0) is 14.2 Å². The van der Waals surface area contributed by atoms with Crippen molar-refractivity contribution in [2.75, 3.05) is 12.3 Å². The van der Waals surface area contributed by atoms with Crippen LogP contribution >= 0.6 is 0 Å². The lowest BCUT2D eigenvalue weighted by Crippen LogP contribution is -2.51. The molecular formula is C40H60FN5O5. The molecule has 2 aromatic rings. The Morgan fingerprint density at radius 1 is 1.08 bits per heavy atom. The highest BCUT2D eigenvalue weighted by Crippen LogP contribution is 2.67. The van der Waals surface area contributed by atoms with Gasteiger partial charge in [0.1, 0.15) is 24.0 Å². The summed E-state index contributed by atoms with van der Waals surface area (Å²) in [7, 11) is 0. The van der Waals surface area contributed by atoms with E-state index in [0.29, 0.717) is 11.3 Å². The molecule has 1 saturated heterocycles. The third-order valence-electron chi connectivity index (χ3n) is 15.1. The van der Waals surface area contributed by atoms with Crippen molar-refractivity contribution in [3.05, 3.63) is 24.1 Å². The standard InChI is InChI=1S/C40H60FN5O5/c1-22(2)23(3)8-9-24(4)28-12-13-29-27-11-10-25-18-26(14-16-38(25,5)30(27)15-17-39(28,29)6)49-37(48)50-31-19-32(51-40(31,7)20-47)46-21-43-33-34(42)44-36(41)45-35(33)46/h10,21-24,26-32,47H,8-9,11-20H2,1-7H3,(H2,42,44,45)/t23-,24-,26+,27+,28-,29+,30?,31+,32-,38+,39-,40-/m1/s1. The second-order valence-corrected chi connectivity index (χ2v) is 18.1. The molecule has 11 heteroatoms. The molecule has 4 fully saturated rings. The Morgan fingerprint density at radius 3 is 2.61 bits per heavy atom. The van der Waals surface area contributed by atoms with E-state index in [2.05, 4.69) is 62.6 Å². The highest BCUT2D eigenvalue weighted by atomic mass is 19.1. The van der Waals surface area contributed by atoms with Gasteiger partial charge in [0.05, 0.1) is 12.9 Å². The summed E-state index contributed by atoms with van der Waals surface area (Å²) in [4.78, 5) is 24.9. The van der Waals surface area contributed by atoms with Crippen LogP contribution in [0.2, 0.25) is 0 Å². The number of anilines is 1. The van der Waals surface area contributed by atoms with Crippen LogP contribution in [0, 0.1) is 58.3 Å². The van der Waals surface area contributed by atoms with Gasteiger partial charge in [-0.3, -0.25) is 4.57 Å². The number of allylic oxidation sites excluding steroid dienone is 1. The molecule has 0 amide bonds. The SMILES string of the molecule is CC(C)[C@H](C)CC[C@@H](C)[C@H]1CC[C@H]2[C@@H]3CC=C4C[C@@H](OC(=O)O[C@H]5C[C@H](n6cnc7c(N)nc(F)nc76)O[C@]5(C)CO)CC[C@]4(C)C3CC[C@]12C. The number of nitrogens with zero attached hydrogens (tertiary/aromatic N) is 4. The van der Waals surface area contributed by atoms with Crippen molar-refractivity contribution >= 4 is 23.1 Å². The number of imidazole rings is 1. The number of aliphatic hydroxyl groups is 1. The van der Waals surface area contributed by atoms with Crippen LogP contribution in [0.5, 0.6) is 0 Å². The lowest BCUT2D eigenvalue weighted by molar-refractivity contribution is -0.125. The smallest absolute Gasteiger partial charge is 0.431 e. The van der Waals surface area contributed by atoms with Crippen molar-refractivity contribution in [2.45, 2.75) is 143 Å². The number of halogens is 1. The van der Waals surface area contributed by atoms with Crippen LogP contribution in [0.25, 0.3) is 11.2 Å². The van der Waals surface area contributed by atoms with Gasteiger partial charge in [-0.1, -0.05) is 66.0 Å². The number of fused-ring (bicyclic) bond motifs is 6. The van der Waals surface area contributed by atoms with E-state index < -0.39 is 36.8 Å². The predicted molar refractivity (Wildman–Crippen MR) is 193 cm³/mol. The molecule has 5 aliphatic rings. The number of hydrogen-bond acceptors (Lipinski definition) is 9. The van der Waals surface area contributed by atoms with Crippen molar-refractivity contribution in [1.82, 2.24) is 19.5 Å². The Balaban J connectivity index is 0.977. The molecule has 12 atom stereocenters. The summed E-state index contributed by atoms with van der Waals surface area (Å²) < 4.78 is 33.5. The number of hydrogen-bond donors (Lipinski definition) is 2. The van der Waals surface area contributed by atoms with Gasteiger partial charge in [-0.2, -0.15) is 14.4 Å². The number of rotatable bonds is 9. The zero-order chi connectivity index (χ0) is 36.5. The monoisotopic (exact) mass is 709 g/mol. The number of ether oxygens (including phenoxy) is 3. The van der Waals surface area contributed by atoms with Crippen LogP contribution in [0.4, 0.5) is 15.0 Å². The van der Waals surface area contributed by atoms with Gasteiger partial charge in [0.2, 0.25) is 0 Å². The molecule has 1 unspecified atom stereocenters. The average molecular weight is 710 g/mol. The summed E-state index contributed by atoms with van der Waals surface area (Å²) in [6.45, 7) is 16.1. The minimum atomic E-state index is -1.21. The normalized spacial score (nSPS) is 38.9. The molecule has 3 saturated carbocycles. The van der Waals surface area contributed by atoms with Gasteiger partial charge in [-0.25, -0.2) is 9.78 Å². The molecule has 2 aromatic heterocycles. The second-order valence-electron chi connectivity index (χ2n) is 18.1. The topological polar surface area (TPSA) is 135 Å². The number of aromatic nitrogens is 4. The lowest BCUT2D eigenvalue weighted by Gasteiger charge is -2.58. The van der Waals surface area contributed by atoms with Crippen LogP contribution in [0.1, 0.15) is 125 Å². The zero-order valence-electron chi connectivity index (χ0n) is 31.7. The molecule has 7 rings (SSSR count). The van der Waals surface area contributed by atoms with Crippen molar-refractivity contribution in [3.63, 3.8) is 0 Å². The first-order valence-corrected chi connectivity index (χ1v) is 19.7. The minimum absolute atomic E-state index is 0.0795. The van der Waals surface area contributed by atoms with Crippen molar-refractivity contribution in [1.29, 1.82) is 0 Å². The van der Waals surface area contributed by atoms with E-state index in [1.54, 1.807) is 6.92 Å². The summed E-state index contributed by atoms with van der Waals surface area (Å²) in [5.41, 5.74) is 7.08. The van der Waals surface area contributed by atoms with Gasteiger partial charge >= 0.3 is 12.2 Å². The van der Waals surface area contributed by atoms with Crippen LogP contribution in [0.3, 0.4) is 0 Å². The zero-order valence-corrected chi connectivity index (χ0v) is 31.7. The number of carbonyl (C=O) groups is 1. The van der Waals surface area contributed by atoms with Crippen LogP contribution < -0.4 is 5.73 Å². The molecule has 0 spiro atoms. The Hall–Kier alpha value is -2.79. The van der Waals surface area contributed by atoms with Crippen LogP contribution in [0.15, 0.2) is 18.0 Å². The minimum Gasteiger partial charge on any atom is -0.431 e. The second kappa shape index (κ2) is 13.6. The van der Waals surface area contributed by atoms with Crippen molar-refractivity contribution < 1.29 is 28.5 Å². The van der Waals surface area contributed by atoms with Gasteiger partial charge in [-0.05, 0) is 104 Å². The molecule has 1 aliphatic heterocycles. The number of nitrogens with two attached hydrogens (primary N) is 1. The predicted octanol–water partition coefficient (Wildman–Crippen LogP) is 8.40. The third-order valence-corrected chi connectivity index (χ3v) is 15.1. The maximum atomic E-state index is 14.0. The highest BCUT2D eigenvalue weighted by Gasteiger charge is 2.59. The van der Waals surface area contributed by atoms with Gasteiger partial charge in [-0.15, -0.1) is 0 Å². The van der Waals surface area contributed by atoms with Crippen LogP contribution in [-0.4, -0.2) is 55.2 Å². The van der Waals surface area contributed by atoms with E-state index in [1.165, 1.54) is 55.0 Å². The number of carbonyl (C=O) groups excluding carboxylic acids is 1. The fraction of sp³-hybridized carbons (Fsp3) is 0.800. The van der Waals surface area contributed by atoms with E-state index in [0.717, 1.165) is 61.2 Å². The Labute approximate surface area is 302 Å². The summed E-state index contributed by atoms with van der Waals surface area (Å²) in [6.07, 6.45) is 12.4. The molecule has 3 heterocycles. The molecule has 3 N–H and O–H groups in total. The molecule has 0 radical (unpaired) electrons. The van der Waals surface area contributed by atoms with Gasteiger partial charge in [0.25, 0.3) is 0 Å². The molecular weight excluding hydrogens is 649 g/mol. The maximum Gasteiger partial charge on any atom is 0.508 e. The average Bonchev–Trinajstić information content (AvgIpc) is 3.76. The lowest BCUT2D eigenvalue weighted by atomic mass is 9.47. The molecule has 4 aliphatic carbocycles. The van der Waals surface area contributed by atoms with E-state index in [9.17, 15) is 14.3 Å². The van der Waals surface area contributed by atoms with E-state index in [-0.39, 0.29) is 34.9 Å². The molecule has 10 nitrogen and oxygen atoms in total. The highest BCUT2D eigenvalue weighted by molar-refractivity contribution is 5.81. The maximum absolute atomic E-state index is 14.0. The van der Waals surface area contributed by atoms with Crippen molar-refractivity contribution in [3.8, 4) is 0 Å². The summed E-state index contributed by atoms with van der Waals surface area (Å²) >= 11 is 0. The quantitative estimate of drug-likeness (QED) is 0.150. The first kappa shape index (κ1) is 36.6. The van der Waals surface area contributed by atoms with E-state index in [4.69, 9.17) is 19.9 Å². The fourth-order valence-electron chi connectivity index (χ4n) is 11.5. The summed E-state index contributed by atoms with van der Waals surface area (Å²) in [5, 5.41) is 10.3. The number of nitrogen functional groups attached to an aromatic ring is 1. The van der Waals surface area contributed by atoms with Crippen molar-refractivity contribution in [2.24, 2.45) is 52.3 Å². The Bertz CT molecular complexity index is 1650. The molecule has 0 bridgehead atoms. The first-order chi connectivity index (χ1) is 24.2. The van der Waals surface area contributed by atoms with Gasteiger partial charge in [0.15, 0.2) is 17.0 Å². The molecule has 0 aromatic carbocycles. The largest absolute Gasteiger partial charge is 0.508 e. The van der Waals surface area contributed by atoms with Gasteiger partial charge < -0.3 is 25.1 Å². The molecule has 282 valence electrons. The number of aliphatic hydroxyl groups excluding tert-OH is 1. The van der Waals surface area contributed by atoms with E-state index in [1.807, 2.05) is 0 Å². The third kappa shape index (κ3) is 6.36. The Morgan fingerprint density at radius 2 is 1.86 bits per heavy atom. The Kier molecular flexibility index (Phi) is 9.72. The fourth-order valence-corrected chi connectivity index (χ4v) is 11.5. The summed E-state index contributed by atoms with van der Waals surface area (Å²) in [5.74, 6) is 5.31. The van der Waals surface area contributed by atoms with E-state index >= 15 is 0 Å². The molecule has 51 heavy (non-hydrogen) atoms.